The first kappa shape index (κ1) is 25.6. The van der Waals surface area contributed by atoms with Crippen molar-refractivity contribution < 1.29 is 19.1 Å². The Bertz CT molecular complexity index is 1090. The fraction of sp³-hybridized carbons (Fsp3) is 0.355. The fourth-order valence-corrected chi connectivity index (χ4v) is 4.57. The molecule has 4 rings (SSSR count). The second-order valence-electron chi connectivity index (χ2n) is 10.2. The minimum absolute atomic E-state index is 0.118. The first-order chi connectivity index (χ1) is 17.3. The van der Waals surface area contributed by atoms with Crippen molar-refractivity contribution in [2.45, 2.75) is 57.3 Å². The van der Waals surface area contributed by atoms with Crippen LogP contribution in [0.3, 0.4) is 0 Å². The van der Waals surface area contributed by atoms with E-state index in [1.807, 2.05) is 99.6 Å². The zero-order valence-corrected chi connectivity index (χ0v) is 21.3. The zero-order valence-electron chi connectivity index (χ0n) is 21.3. The van der Waals surface area contributed by atoms with Gasteiger partial charge in [-0.3, -0.25) is 4.79 Å². The lowest BCUT2D eigenvalue weighted by atomic mass is 9.87. The summed E-state index contributed by atoms with van der Waals surface area (Å²) in [5.41, 5.74) is 2.38. The van der Waals surface area contributed by atoms with Crippen molar-refractivity contribution in [3.8, 4) is 0 Å². The van der Waals surface area contributed by atoms with Gasteiger partial charge in [0.25, 0.3) is 0 Å². The Morgan fingerprint density at radius 3 is 1.92 bits per heavy atom. The standard InChI is InChI=1S/C31H35NO4/c1-31(2,3)36-30(34)28-26(35-21-13-16-23-14-7-4-8-15-23)22-32(28)29(33)27(24-17-9-5-10-18-24)25-19-11-6-12-20-25/h4-12,14-15,17-20,26-28H,13,16,21-22H2,1-3H3/t26-,28+/m0/s1. The molecule has 0 bridgehead atoms. The average molecular weight is 486 g/mol. The molecule has 3 aromatic rings. The van der Waals surface area contributed by atoms with E-state index in [0.717, 1.165) is 24.0 Å². The van der Waals surface area contributed by atoms with Crippen LogP contribution in [0, 0.1) is 0 Å². The number of carbonyl (C=O) groups excluding carboxylic acids is 2. The predicted octanol–water partition coefficient (Wildman–Crippen LogP) is 5.39. The lowest BCUT2D eigenvalue weighted by Crippen LogP contribution is -2.68. The van der Waals surface area contributed by atoms with E-state index in [-0.39, 0.29) is 12.0 Å². The van der Waals surface area contributed by atoms with Crippen LogP contribution in [0.25, 0.3) is 0 Å². The van der Waals surface area contributed by atoms with Crippen molar-refractivity contribution in [2.75, 3.05) is 13.2 Å². The molecule has 188 valence electrons. The summed E-state index contributed by atoms with van der Waals surface area (Å²) in [5.74, 6) is -1.04. The summed E-state index contributed by atoms with van der Waals surface area (Å²) >= 11 is 0. The Morgan fingerprint density at radius 1 is 0.861 bits per heavy atom. The smallest absolute Gasteiger partial charge is 0.332 e. The monoisotopic (exact) mass is 485 g/mol. The molecule has 1 fully saturated rings. The van der Waals surface area contributed by atoms with E-state index >= 15 is 0 Å². The van der Waals surface area contributed by atoms with E-state index in [1.54, 1.807) is 4.90 Å². The summed E-state index contributed by atoms with van der Waals surface area (Å²) in [7, 11) is 0. The van der Waals surface area contributed by atoms with Gasteiger partial charge in [-0.15, -0.1) is 0 Å². The molecule has 3 aromatic carbocycles. The summed E-state index contributed by atoms with van der Waals surface area (Å²) in [6, 6.07) is 28.9. The predicted molar refractivity (Wildman–Crippen MR) is 141 cm³/mol. The van der Waals surface area contributed by atoms with E-state index in [9.17, 15) is 9.59 Å². The van der Waals surface area contributed by atoms with Gasteiger partial charge in [-0.25, -0.2) is 4.79 Å². The number of hydrogen-bond acceptors (Lipinski definition) is 4. The van der Waals surface area contributed by atoms with Gasteiger partial charge >= 0.3 is 5.97 Å². The third-order valence-corrected chi connectivity index (χ3v) is 6.29. The highest BCUT2D eigenvalue weighted by Gasteiger charge is 2.50. The molecule has 0 spiro atoms. The Morgan fingerprint density at radius 2 is 1.39 bits per heavy atom. The highest BCUT2D eigenvalue weighted by molar-refractivity contribution is 5.93. The maximum atomic E-state index is 13.9. The number of nitrogens with zero attached hydrogens (tertiary/aromatic N) is 1. The molecule has 0 aromatic heterocycles. The number of ether oxygens (including phenoxy) is 2. The molecule has 1 heterocycles. The number of esters is 1. The van der Waals surface area contributed by atoms with E-state index in [2.05, 4.69) is 12.1 Å². The second kappa shape index (κ2) is 11.5. The Balaban J connectivity index is 1.50. The molecule has 0 unspecified atom stereocenters. The molecule has 0 saturated carbocycles. The summed E-state index contributed by atoms with van der Waals surface area (Å²) in [6.07, 6.45) is 1.36. The number of benzene rings is 3. The first-order valence-electron chi connectivity index (χ1n) is 12.6. The third-order valence-electron chi connectivity index (χ3n) is 6.29. The summed E-state index contributed by atoms with van der Waals surface area (Å²) < 4.78 is 11.8. The molecule has 2 atom stereocenters. The van der Waals surface area contributed by atoms with Crippen LogP contribution in [0.5, 0.6) is 0 Å². The average Bonchev–Trinajstić information content (AvgIpc) is 2.84. The second-order valence-corrected chi connectivity index (χ2v) is 10.2. The Labute approximate surface area is 214 Å². The first-order valence-corrected chi connectivity index (χ1v) is 12.6. The summed E-state index contributed by atoms with van der Waals surface area (Å²) in [5, 5.41) is 0. The maximum absolute atomic E-state index is 13.9. The van der Waals surface area contributed by atoms with Crippen LogP contribution < -0.4 is 0 Å². The van der Waals surface area contributed by atoms with Crippen LogP contribution in [0.4, 0.5) is 0 Å². The maximum Gasteiger partial charge on any atom is 0.332 e. The van der Waals surface area contributed by atoms with Gasteiger partial charge in [0.2, 0.25) is 5.91 Å². The lowest BCUT2D eigenvalue weighted by molar-refractivity contribution is -0.188. The SMILES string of the molecule is CC(C)(C)OC(=O)[C@H]1[C@@H](OCCCc2ccccc2)CN1C(=O)C(c1ccccc1)c1ccccc1. The lowest BCUT2D eigenvalue weighted by Gasteiger charge is -2.47. The quantitative estimate of drug-likeness (QED) is 0.301. The largest absolute Gasteiger partial charge is 0.458 e. The minimum atomic E-state index is -0.761. The highest BCUT2D eigenvalue weighted by Crippen LogP contribution is 2.33. The number of likely N-dealkylation sites (tertiary alicyclic amines) is 1. The number of carbonyl (C=O) groups is 2. The van der Waals surface area contributed by atoms with Gasteiger partial charge in [0.15, 0.2) is 6.04 Å². The van der Waals surface area contributed by atoms with Gasteiger partial charge in [-0.05, 0) is 50.3 Å². The highest BCUT2D eigenvalue weighted by atomic mass is 16.6. The van der Waals surface area contributed by atoms with Crippen molar-refractivity contribution in [1.29, 1.82) is 0 Å². The number of hydrogen-bond donors (Lipinski definition) is 0. The molecule has 5 nitrogen and oxygen atoms in total. The van der Waals surface area contributed by atoms with Gasteiger partial charge in [-0.2, -0.15) is 0 Å². The summed E-state index contributed by atoms with van der Waals surface area (Å²) in [6.45, 7) is 6.39. The van der Waals surface area contributed by atoms with Gasteiger partial charge in [0.05, 0.1) is 12.5 Å². The topological polar surface area (TPSA) is 55.8 Å². The molecule has 1 amide bonds. The normalized spacial score (nSPS) is 17.5. The molecular formula is C31H35NO4. The third kappa shape index (κ3) is 6.41. The number of aryl methyl sites for hydroxylation is 1. The molecule has 36 heavy (non-hydrogen) atoms. The van der Waals surface area contributed by atoms with E-state index in [1.165, 1.54) is 5.56 Å². The minimum Gasteiger partial charge on any atom is -0.458 e. The van der Waals surface area contributed by atoms with Gasteiger partial charge in [0.1, 0.15) is 11.7 Å². The molecule has 5 heteroatoms. The zero-order chi connectivity index (χ0) is 25.5. The molecule has 1 aliphatic heterocycles. The molecule has 0 radical (unpaired) electrons. The Hall–Kier alpha value is -3.44. The van der Waals surface area contributed by atoms with Gasteiger partial charge in [-0.1, -0.05) is 91.0 Å². The summed E-state index contributed by atoms with van der Waals surface area (Å²) in [4.78, 5) is 28.8. The van der Waals surface area contributed by atoms with E-state index in [0.29, 0.717) is 13.2 Å². The van der Waals surface area contributed by atoms with Crippen LogP contribution in [-0.4, -0.2) is 47.7 Å². The van der Waals surface area contributed by atoms with Crippen LogP contribution in [0.15, 0.2) is 91.0 Å². The van der Waals surface area contributed by atoms with Crippen LogP contribution >= 0.6 is 0 Å². The van der Waals surface area contributed by atoms with Gasteiger partial charge in [0, 0.05) is 6.61 Å². The van der Waals surface area contributed by atoms with Crippen molar-refractivity contribution >= 4 is 11.9 Å². The van der Waals surface area contributed by atoms with Crippen LogP contribution in [0.1, 0.15) is 49.8 Å². The molecular weight excluding hydrogens is 450 g/mol. The number of rotatable bonds is 9. The van der Waals surface area contributed by atoms with Crippen LogP contribution in [0.2, 0.25) is 0 Å². The molecule has 1 saturated heterocycles. The fourth-order valence-electron chi connectivity index (χ4n) is 4.57. The van der Waals surface area contributed by atoms with E-state index < -0.39 is 23.5 Å². The van der Waals surface area contributed by atoms with Crippen molar-refractivity contribution in [3.05, 3.63) is 108 Å². The Kier molecular flexibility index (Phi) is 8.21. The van der Waals surface area contributed by atoms with Crippen molar-refractivity contribution in [1.82, 2.24) is 4.90 Å². The number of amides is 1. The molecule has 0 N–H and O–H groups in total. The molecule has 0 aliphatic carbocycles. The van der Waals surface area contributed by atoms with Crippen molar-refractivity contribution in [3.63, 3.8) is 0 Å². The van der Waals surface area contributed by atoms with Crippen LogP contribution in [-0.2, 0) is 25.5 Å². The molecule has 1 aliphatic rings. The van der Waals surface area contributed by atoms with Gasteiger partial charge < -0.3 is 14.4 Å². The van der Waals surface area contributed by atoms with E-state index in [4.69, 9.17) is 9.47 Å². The van der Waals surface area contributed by atoms with Crippen molar-refractivity contribution in [2.24, 2.45) is 0 Å².